The highest BCUT2D eigenvalue weighted by Gasteiger charge is 2.24. The summed E-state index contributed by atoms with van der Waals surface area (Å²) < 4.78 is 13.8. The number of hydrogen-bond acceptors (Lipinski definition) is 3. The van der Waals surface area contributed by atoms with Gasteiger partial charge in [0, 0.05) is 44.2 Å². The van der Waals surface area contributed by atoms with Gasteiger partial charge in [0.05, 0.1) is 5.56 Å². The lowest BCUT2D eigenvalue weighted by atomic mass is 10.0. The van der Waals surface area contributed by atoms with Gasteiger partial charge in [0.1, 0.15) is 5.82 Å². The van der Waals surface area contributed by atoms with Gasteiger partial charge < -0.3 is 15.5 Å². The van der Waals surface area contributed by atoms with Gasteiger partial charge in [-0.05, 0) is 24.6 Å². The number of nitrogens with zero attached hydrogens (tertiary/aromatic N) is 1. The summed E-state index contributed by atoms with van der Waals surface area (Å²) in [5.74, 6) is -0.545. The van der Waals surface area contributed by atoms with E-state index in [1.807, 2.05) is 0 Å². The molecule has 0 saturated carbocycles. The molecule has 112 valence electrons. The first-order chi connectivity index (χ1) is 10.1. The minimum absolute atomic E-state index is 0.000479. The van der Waals surface area contributed by atoms with Crippen LogP contribution in [0.1, 0.15) is 23.2 Å². The summed E-state index contributed by atoms with van der Waals surface area (Å²) in [4.78, 5) is 25.4. The fourth-order valence-electron chi connectivity index (χ4n) is 2.60. The molecule has 5 nitrogen and oxygen atoms in total. The topological polar surface area (TPSA) is 61.4 Å². The Balaban J connectivity index is 1.73. The second kappa shape index (κ2) is 5.81. The molecule has 1 aromatic rings. The lowest BCUT2D eigenvalue weighted by Crippen LogP contribution is -2.48. The van der Waals surface area contributed by atoms with Gasteiger partial charge in [-0.1, -0.05) is 0 Å². The van der Waals surface area contributed by atoms with Crippen molar-refractivity contribution >= 4 is 17.5 Å². The zero-order chi connectivity index (χ0) is 14.8. The predicted molar refractivity (Wildman–Crippen MR) is 76.7 cm³/mol. The van der Waals surface area contributed by atoms with Crippen molar-refractivity contribution in [1.29, 1.82) is 0 Å². The van der Waals surface area contributed by atoms with Gasteiger partial charge in [0.15, 0.2) is 0 Å². The van der Waals surface area contributed by atoms with Crippen molar-refractivity contribution in [3.05, 3.63) is 29.6 Å². The normalized spacial score (nSPS) is 18.7. The van der Waals surface area contributed by atoms with E-state index in [-0.39, 0.29) is 11.5 Å². The van der Waals surface area contributed by atoms with Crippen molar-refractivity contribution in [3.63, 3.8) is 0 Å². The van der Waals surface area contributed by atoms with Crippen molar-refractivity contribution in [2.75, 3.05) is 31.1 Å². The lowest BCUT2D eigenvalue weighted by Gasteiger charge is -2.27. The molecule has 1 aromatic carbocycles. The molecule has 0 aromatic heterocycles. The molecule has 2 aliphatic heterocycles. The third-order valence-electron chi connectivity index (χ3n) is 4.00. The van der Waals surface area contributed by atoms with Crippen molar-refractivity contribution < 1.29 is 14.0 Å². The molecule has 21 heavy (non-hydrogen) atoms. The maximum atomic E-state index is 13.8. The van der Waals surface area contributed by atoms with Crippen LogP contribution >= 0.6 is 0 Å². The summed E-state index contributed by atoms with van der Waals surface area (Å²) in [6.07, 6.45) is 1.31. The zero-order valence-electron chi connectivity index (χ0n) is 11.7. The van der Waals surface area contributed by atoms with E-state index in [1.165, 1.54) is 12.1 Å². The molecule has 2 N–H and O–H groups in total. The highest BCUT2D eigenvalue weighted by Crippen LogP contribution is 2.23. The minimum Gasteiger partial charge on any atom is -0.352 e. The van der Waals surface area contributed by atoms with Crippen LogP contribution in [0.2, 0.25) is 0 Å². The first kappa shape index (κ1) is 14.0. The van der Waals surface area contributed by atoms with E-state index in [0.717, 1.165) is 19.5 Å². The Labute approximate surface area is 122 Å². The predicted octanol–water partition coefficient (Wildman–Crippen LogP) is 0.902. The van der Waals surface area contributed by atoms with Crippen LogP contribution in [0, 0.1) is 11.7 Å². The second-order valence-electron chi connectivity index (χ2n) is 5.55. The van der Waals surface area contributed by atoms with Gasteiger partial charge in [0.2, 0.25) is 5.91 Å². The zero-order valence-corrected chi connectivity index (χ0v) is 11.7. The highest BCUT2D eigenvalue weighted by molar-refractivity contribution is 5.99. The van der Waals surface area contributed by atoms with Gasteiger partial charge in [-0.3, -0.25) is 9.59 Å². The Kier molecular flexibility index (Phi) is 3.88. The van der Waals surface area contributed by atoms with Crippen LogP contribution < -0.4 is 15.5 Å². The molecule has 0 aliphatic carbocycles. The Bertz CT molecular complexity index is 572. The number of amides is 2. The van der Waals surface area contributed by atoms with Gasteiger partial charge in [-0.25, -0.2) is 4.39 Å². The monoisotopic (exact) mass is 291 g/mol. The molecule has 3 rings (SSSR count). The molecular formula is C15H18FN3O2. The number of hydrogen-bond donors (Lipinski definition) is 2. The molecule has 6 heteroatoms. The molecule has 0 bridgehead atoms. The third-order valence-corrected chi connectivity index (χ3v) is 4.00. The van der Waals surface area contributed by atoms with Crippen molar-refractivity contribution in [1.82, 2.24) is 10.6 Å². The number of anilines is 1. The van der Waals surface area contributed by atoms with Gasteiger partial charge >= 0.3 is 0 Å². The van der Waals surface area contributed by atoms with Crippen LogP contribution in [0.4, 0.5) is 10.1 Å². The van der Waals surface area contributed by atoms with E-state index in [2.05, 4.69) is 10.6 Å². The molecular weight excluding hydrogens is 273 g/mol. The SMILES string of the molecule is O=C(NCC1CNC1)c1cc(N2CCCC2=O)ccc1F. The number of carbonyl (C=O) groups is 2. The van der Waals surface area contributed by atoms with E-state index in [1.54, 1.807) is 11.0 Å². The van der Waals surface area contributed by atoms with Crippen molar-refractivity contribution in [3.8, 4) is 0 Å². The quantitative estimate of drug-likeness (QED) is 0.866. The molecule has 2 fully saturated rings. The van der Waals surface area contributed by atoms with Gasteiger partial charge in [-0.15, -0.1) is 0 Å². The average molecular weight is 291 g/mol. The van der Waals surface area contributed by atoms with E-state index in [9.17, 15) is 14.0 Å². The van der Waals surface area contributed by atoms with E-state index < -0.39 is 11.7 Å². The average Bonchev–Trinajstić information content (AvgIpc) is 2.83. The molecule has 0 unspecified atom stereocenters. The van der Waals surface area contributed by atoms with Crippen molar-refractivity contribution in [2.24, 2.45) is 5.92 Å². The second-order valence-corrected chi connectivity index (χ2v) is 5.55. The number of benzene rings is 1. The summed E-state index contributed by atoms with van der Waals surface area (Å²) in [6, 6.07) is 4.26. The standard InChI is InChI=1S/C15H18FN3O2/c16-13-4-3-11(19-5-1-2-14(19)20)6-12(13)15(21)18-9-10-7-17-8-10/h3-4,6,10,17H,1-2,5,7-9H2,(H,18,21). The smallest absolute Gasteiger partial charge is 0.254 e. The summed E-state index contributed by atoms with van der Waals surface area (Å²) in [5.41, 5.74) is 0.592. The molecule has 2 amide bonds. The molecule has 2 heterocycles. The van der Waals surface area contributed by atoms with E-state index in [4.69, 9.17) is 0 Å². The summed E-state index contributed by atoms with van der Waals surface area (Å²) >= 11 is 0. The van der Waals surface area contributed by atoms with Gasteiger partial charge in [0.25, 0.3) is 5.91 Å². The Morgan fingerprint density at radius 3 is 2.86 bits per heavy atom. The Morgan fingerprint density at radius 1 is 1.43 bits per heavy atom. The molecule has 0 radical (unpaired) electrons. The van der Waals surface area contributed by atoms with Crippen LogP contribution in [0.15, 0.2) is 18.2 Å². The fraction of sp³-hybridized carbons (Fsp3) is 0.467. The molecule has 0 atom stereocenters. The van der Waals surface area contributed by atoms with Crippen LogP contribution in [-0.4, -0.2) is 38.0 Å². The summed E-state index contributed by atoms with van der Waals surface area (Å²) in [5, 5.41) is 5.87. The summed E-state index contributed by atoms with van der Waals surface area (Å²) in [6.45, 7) is 2.92. The van der Waals surface area contributed by atoms with E-state index >= 15 is 0 Å². The number of halogens is 1. The Morgan fingerprint density at radius 2 is 2.24 bits per heavy atom. The van der Waals surface area contributed by atoms with E-state index in [0.29, 0.717) is 31.1 Å². The largest absolute Gasteiger partial charge is 0.352 e. The maximum Gasteiger partial charge on any atom is 0.254 e. The third kappa shape index (κ3) is 2.90. The maximum absolute atomic E-state index is 13.8. The number of nitrogens with one attached hydrogen (secondary N) is 2. The van der Waals surface area contributed by atoms with Crippen LogP contribution in [0.25, 0.3) is 0 Å². The molecule has 0 spiro atoms. The van der Waals surface area contributed by atoms with Gasteiger partial charge in [-0.2, -0.15) is 0 Å². The van der Waals surface area contributed by atoms with Crippen LogP contribution in [0.3, 0.4) is 0 Å². The summed E-state index contributed by atoms with van der Waals surface area (Å²) in [7, 11) is 0. The highest BCUT2D eigenvalue weighted by atomic mass is 19.1. The first-order valence-electron chi connectivity index (χ1n) is 7.24. The number of carbonyl (C=O) groups excluding carboxylic acids is 2. The minimum atomic E-state index is -0.561. The molecule has 2 saturated heterocycles. The first-order valence-corrected chi connectivity index (χ1v) is 7.24. The lowest BCUT2D eigenvalue weighted by molar-refractivity contribution is -0.117. The van der Waals surface area contributed by atoms with Crippen molar-refractivity contribution in [2.45, 2.75) is 12.8 Å². The number of rotatable bonds is 4. The molecule has 2 aliphatic rings. The van der Waals surface area contributed by atoms with Crippen LogP contribution in [-0.2, 0) is 4.79 Å². The fourth-order valence-corrected chi connectivity index (χ4v) is 2.60. The van der Waals surface area contributed by atoms with Crippen LogP contribution in [0.5, 0.6) is 0 Å². The Hall–Kier alpha value is -1.95.